The van der Waals surface area contributed by atoms with Crippen LogP contribution in [0.3, 0.4) is 0 Å². The first kappa shape index (κ1) is 14.5. The van der Waals surface area contributed by atoms with E-state index >= 15 is 0 Å². The zero-order valence-electron chi connectivity index (χ0n) is 12.7. The number of halogens is 2. The number of pyridine rings is 1. The normalized spacial score (nSPS) is 11.1. The highest BCUT2D eigenvalue weighted by Gasteiger charge is 2.18. The molecule has 4 rings (SSSR count). The molecule has 0 aliphatic carbocycles. The van der Waals surface area contributed by atoms with E-state index in [-0.39, 0.29) is 11.4 Å². The molecule has 0 fully saturated rings. The minimum absolute atomic E-state index is 0.0676. The lowest BCUT2D eigenvalue weighted by atomic mass is 10.2. The van der Waals surface area contributed by atoms with Crippen LogP contribution in [0, 0.1) is 11.6 Å². The van der Waals surface area contributed by atoms with Crippen molar-refractivity contribution in [3.63, 3.8) is 0 Å². The molecular formula is C19H13F2N3. The highest BCUT2D eigenvalue weighted by atomic mass is 19.1. The quantitative estimate of drug-likeness (QED) is 0.561. The summed E-state index contributed by atoms with van der Waals surface area (Å²) in [6, 6.07) is 15.5. The molecular weight excluding hydrogens is 308 g/mol. The Labute approximate surface area is 137 Å². The second kappa shape index (κ2) is 5.85. The van der Waals surface area contributed by atoms with Crippen molar-refractivity contribution >= 4 is 0 Å². The van der Waals surface area contributed by atoms with Gasteiger partial charge in [0.25, 0.3) is 0 Å². The molecule has 0 aromatic heterocycles. The molecule has 0 spiro atoms. The van der Waals surface area contributed by atoms with Crippen molar-refractivity contribution < 1.29 is 8.78 Å². The van der Waals surface area contributed by atoms with Gasteiger partial charge in [0.05, 0.1) is 11.3 Å². The summed E-state index contributed by atoms with van der Waals surface area (Å²) in [5.74, 6) is -1.26. The van der Waals surface area contributed by atoms with Gasteiger partial charge in [-0.3, -0.25) is 0 Å². The zero-order chi connectivity index (χ0) is 16.5. The van der Waals surface area contributed by atoms with Crippen LogP contribution in [0.2, 0.25) is 0 Å². The van der Waals surface area contributed by atoms with Crippen molar-refractivity contribution in [2.24, 2.45) is 0 Å². The Morgan fingerprint density at radius 3 is 2.25 bits per heavy atom. The van der Waals surface area contributed by atoms with Gasteiger partial charge >= 0.3 is 0 Å². The fourth-order valence-electron chi connectivity index (χ4n) is 2.67. The van der Waals surface area contributed by atoms with Crippen LogP contribution < -0.4 is 0 Å². The predicted octanol–water partition coefficient (Wildman–Crippen LogP) is 4.38. The first-order chi connectivity index (χ1) is 11.7. The standard InChI is InChI=1S/C19H13F2N3/c20-14-7-4-8-15(21)18(14)19-22-16-9-10-24(12-17(16)23-19)11-13-5-2-1-3-6-13/h1-10,12H,11H2. The maximum Gasteiger partial charge on any atom is 0.166 e. The highest BCUT2D eigenvalue weighted by Crippen LogP contribution is 2.28. The van der Waals surface area contributed by atoms with Crippen LogP contribution in [0.1, 0.15) is 5.56 Å². The molecule has 24 heavy (non-hydrogen) atoms. The lowest BCUT2D eigenvalue weighted by Gasteiger charge is -2.07. The Balaban J connectivity index is 1.73. The molecule has 0 saturated carbocycles. The second-order valence-corrected chi connectivity index (χ2v) is 5.52. The third kappa shape index (κ3) is 2.65. The number of nitrogens with zero attached hydrogens (tertiary/aromatic N) is 3. The van der Waals surface area contributed by atoms with Crippen LogP contribution >= 0.6 is 0 Å². The number of rotatable bonds is 3. The Morgan fingerprint density at radius 1 is 0.792 bits per heavy atom. The van der Waals surface area contributed by atoms with Crippen molar-refractivity contribution in [3.05, 3.63) is 84.2 Å². The molecule has 0 unspecified atom stereocenters. The van der Waals surface area contributed by atoms with Gasteiger partial charge in [-0.2, -0.15) is 0 Å². The van der Waals surface area contributed by atoms with Gasteiger partial charge in [-0.25, -0.2) is 18.7 Å². The van der Waals surface area contributed by atoms with E-state index in [0.29, 0.717) is 17.9 Å². The highest BCUT2D eigenvalue weighted by molar-refractivity contribution is 5.66. The van der Waals surface area contributed by atoms with E-state index in [1.165, 1.54) is 18.2 Å². The molecule has 0 atom stereocenters. The topological polar surface area (TPSA) is 30.7 Å². The smallest absolute Gasteiger partial charge is 0.166 e. The first-order valence-electron chi connectivity index (χ1n) is 7.52. The molecule has 0 N–H and O–H groups in total. The number of fused-ring (bicyclic) bond motifs is 1. The third-order valence-electron chi connectivity index (χ3n) is 3.82. The average molecular weight is 321 g/mol. The minimum Gasteiger partial charge on any atom is -0.348 e. The van der Waals surface area contributed by atoms with Crippen molar-refractivity contribution in [2.75, 3.05) is 0 Å². The maximum absolute atomic E-state index is 13.9. The van der Waals surface area contributed by atoms with E-state index in [1.54, 1.807) is 6.07 Å². The second-order valence-electron chi connectivity index (χ2n) is 5.52. The molecule has 2 aliphatic heterocycles. The molecule has 3 nitrogen and oxygen atoms in total. The van der Waals surface area contributed by atoms with Crippen LogP contribution in [-0.2, 0) is 6.54 Å². The minimum atomic E-state index is -0.664. The van der Waals surface area contributed by atoms with Gasteiger partial charge in [-0.05, 0) is 23.8 Å². The molecule has 2 aromatic carbocycles. The first-order valence-corrected chi connectivity index (χ1v) is 7.52. The lowest BCUT2D eigenvalue weighted by molar-refractivity contribution is 0.588. The molecule has 0 saturated heterocycles. The van der Waals surface area contributed by atoms with Crippen LogP contribution in [-0.4, -0.2) is 14.5 Å². The molecule has 118 valence electrons. The van der Waals surface area contributed by atoms with Gasteiger partial charge in [0.15, 0.2) is 5.82 Å². The number of hydrogen-bond donors (Lipinski definition) is 0. The van der Waals surface area contributed by atoms with Crippen molar-refractivity contribution in [3.8, 4) is 22.8 Å². The fraction of sp³-hybridized carbons (Fsp3) is 0.0526. The van der Waals surface area contributed by atoms with E-state index < -0.39 is 11.6 Å². The largest absolute Gasteiger partial charge is 0.348 e. The van der Waals surface area contributed by atoms with E-state index in [2.05, 4.69) is 9.97 Å². The summed E-state index contributed by atoms with van der Waals surface area (Å²) in [6.07, 6.45) is 3.71. The number of benzene rings is 2. The zero-order valence-corrected chi connectivity index (χ0v) is 12.7. The molecule has 2 aromatic rings. The van der Waals surface area contributed by atoms with E-state index in [4.69, 9.17) is 0 Å². The van der Waals surface area contributed by atoms with Crippen LogP contribution in [0.4, 0.5) is 8.78 Å². The van der Waals surface area contributed by atoms with E-state index in [1.807, 2.05) is 47.3 Å². The van der Waals surface area contributed by atoms with Crippen LogP contribution in [0.15, 0.2) is 67.0 Å². The van der Waals surface area contributed by atoms with Crippen molar-refractivity contribution in [1.82, 2.24) is 14.5 Å². The number of hydrogen-bond acceptors (Lipinski definition) is 2. The monoisotopic (exact) mass is 321 g/mol. The summed E-state index contributed by atoms with van der Waals surface area (Å²) >= 11 is 0. The van der Waals surface area contributed by atoms with E-state index in [0.717, 1.165) is 5.56 Å². The molecule has 2 aliphatic rings. The van der Waals surface area contributed by atoms with Gasteiger partial charge < -0.3 is 4.57 Å². The summed E-state index contributed by atoms with van der Waals surface area (Å²) in [7, 11) is 0. The summed E-state index contributed by atoms with van der Waals surface area (Å²) in [5, 5.41) is 0. The van der Waals surface area contributed by atoms with Crippen LogP contribution in [0.5, 0.6) is 0 Å². The SMILES string of the molecule is Fc1cccc(F)c1-c1nc2ccn(Cc3ccccc3)cc-2n1. The van der Waals surface area contributed by atoms with E-state index in [9.17, 15) is 8.78 Å². The molecule has 2 heterocycles. The lowest BCUT2D eigenvalue weighted by Crippen LogP contribution is -2.00. The predicted molar refractivity (Wildman–Crippen MR) is 87.5 cm³/mol. The summed E-state index contributed by atoms with van der Waals surface area (Å²) in [6.45, 7) is 0.688. The van der Waals surface area contributed by atoms with Gasteiger partial charge in [0.2, 0.25) is 0 Å². The average Bonchev–Trinajstić information content (AvgIpc) is 2.98. The van der Waals surface area contributed by atoms with Gasteiger partial charge in [-0.15, -0.1) is 0 Å². The fourth-order valence-corrected chi connectivity index (χ4v) is 2.67. The summed E-state index contributed by atoms with van der Waals surface area (Å²) < 4.78 is 29.8. The Morgan fingerprint density at radius 2 is 1.50 bits per heavy atom. The summed E-state index contributed by atoms with van der Waals surface area (Å²) in [4.78, 5) is 8.54. The molecule has 0 bridgehead atoms. The van der Waals surface area contributed by atoms with Gasteiger partial charge in [-0.1, -0.05) is 36.4 Å². The van der Waals surface area contributed by atoms with Crippen molar-refractivity contribution in [2.45, 2.75) is 6.54 Å². The van der Waals surface area contributed by atoms with Crippen molar-refractivity contribution in [1.29, 1.82) is 0 Å². The van der Waals surface area contributed by atoms with Crippen LogP contribution in [0.25, 0.3) is 22.8 Å². The molecule has 5 heteroatoms. The molecule has 0 radical (unpaired) electrons. The maximum atomic E-state index is 13.9. The van der Waals surface area contributed by atoms with Gasteiger partial charge in [0, 0.05) is 18.9 Å². The number of aromatic nitrogens is 3. The third-order valence-corrected chi connectivity index (χ3v) is 3.82. The Hall–Kier alpha value is -3.08. The summed E-state index contributed by atoms with van der Waals surface area (Å²) in [5.41, 5.74) is 2.17. The van der Waals surface area contributed by atoms with Gasteiger partial charge in [0.1, 0.15) is 17.3 Å². The molecule has 0 amide bonds. The Bertz CT molecular complexity index is 943. The number of imidazole rings is 1. The Kier molecular flexibility index (Phi) is 3.54.